The van der Waals surface area contributed by atoms with Gasteiger partial charge < -0.3 is 4.74 Å². The topological polar surface area (TPSA) is 60.4 Å². The van der Waals surface area contributed by atoms with E-state index in [1.54, 1.807) is 31.2 Å². The molecule has 1 aliphatic rings. The molecular formula is C21H20O4. The Hall–Kier alpha value is -2.75. The molecule has 1 aliphatic carbocycles. The molecule has 0 N–H and O–H groups in total. The average Bonchev–Trinajstić information content (AvgIpc) is 2.87. The first-order valence-electron chi connectivity index (χ1n) is 8.53. The van der Waals surface area contributed by atoms with Gasteiger partial charge in [0.25, 0.3) is 0 Å². The number of hydrogen-bond acceptors (Lipinski definition) is 4. The van der Waals surface area contributed by atoms with Gasteiger partial charge in [-0.1, -0.05) is 48.5 Å². The van der Waals surface area contributed by atoms with Crippen molar-refractivity contribution in [3.05, 3.63) is 70.8 Å². The number of fused-ring (bicyclic) bond motifs is 1. The lowest BCUT2D eigenvalue weighted by Gasteiger charge is -2.09. The molecule has 2 aromatic rings. The molecule has 0 unspecified atom stereocenters. The zero-order valence-electron chi connectivity index (χ0n) is 14.2. The Kier molecular flexibility index (Phi) is 5.08. The number of Topliss-reactive ketones (excluding diaryl/α,β-unsaturated/α-hetero) is 2. The van der Waals surface area contributed by atoms with Crippen molar-refractivity contribution >= 4 is 17.5 Å². The number of hydrogen-bond donors (Lipinski definition) is 0. The fraction of sp³-hybridized carbons (Fsp3) is 0.286. The van der Waals surface area contributed by atoms with Gasteiger partial charge in [-0.25, -0.2) is 0 Å². The molecule has 0 saturated carbocycles. The van der Waals surface area contributed by atoms with E-state index in [-0.39, 0.29) is 17.5 Å². The third kappa shape index (κ3) is 3.53. The second kappa shape index (κ2) is 7.43. The van der Waals surface area contributed by atoms with E-state index in [0.29, 0.717) is 30.6 Å². The van der Waals surface area contributed by atoms with Crippen molar-refractivity contribution in [3.8, 4) is 0 Å². The van der Waals surface area contributed by atoms with Crippen LogP contribution in [0.3, 0.4) is 0 Å². The van der Waals surface area contributed by atoms with Crippen molar-refractivity contribution < 1.29 is 19.1 Å². The molecule has 3 rings (SSSR count). The van der Waals surface area contributed by atoms with Gasteiger partial charge in [-0.05, 0) is 30.9 Å². The monoisotopic (exact) mass is 336 g/mol. The molecule has 0 aromatic heterocycles. The minimum Gasteiger partial charge on any atom is -0.466 e. The zero-order chi connectivity index (χ0) is 17.8. The Morgan fingerprint density at radius 2 is 1.56 bits per heavy atom. The van der Waals surface area contributed by atoms with Crippen molar-refractivity contribution in [1.82, 2.24) is 0 Å². The zero-order valence-corrected chi connectivity index (χ0v) is 14.2. The van der Waals surface area contributed by atoms with Gasteiger partial charge in [0.2, 0.25) is 0 Å². The summed E-state index contributed by atoms with van der Waals surface area (Å²) in [4.78, 5) is 36.4. The molecule has 25 heavy (non-hydrogen) atoms. The molecule has 0 spiro atoms. The highest BCUT2D eigenvalue weighted by Gasteiger charge is 2.39. The summed E-state index contributed by atoms with van der Waals surface area (Å²) < 4.78 is 4.91. The molecule has 0 saturated heterocycles. The van der Waals surface area contributed by atoms with E-state index in [1.165, 1.54) is 0 Å². The lowest BCUT2D eigenvalue weighted by Crippen LogP contribution is -2.12. The maximum absolute atomic E-state index is 12.5. The molecule has 0 aliphatic heterocycles. The molecule has 4 nitrogen and oxygen atoms in total. The Labute approximate surface area is 146 Å². The van der Waals surface area contributed by atoms with Crippen LogP contribution in [0, 0.1) is 0 Å². The van der Waals surface area contributed by atoms with Gasteiger partial charge in [0, 0.05) is 17.5 Å². The van der Waals surface area contributed by atoms with Crippen LogP contribution in [0.4, 0.5) is 0 Å². The SMILES string of the molecule is CCOC(=O)CCCc1ccc(C2C(=O)c3ccccc3C2=O)cc1. The highest BCUT2D eigenvalue weighted by atomic mass is 16.5. The Morgan fingerprint density at radius 1 is 0.960 bits per heavy atom. The summed E-state index contributed by atoms with van der Waals surface area (Å²) in [6, 6.07) is 14.5. The largest absolute Gasteiger partial charge is 0.466 e. The minimum absolute atomic E-state index is 0.129. The van der Waals surface area contributed by atoms with Gasteiger partial charge in [0.05, 0.1) is 6.61 Å². The van der Waals surface area contributed by atoms with Gasteiger partial charge in [-0.2, -0.15) is 0 Å². The number of benzene rings is 2. The van der Waals surface area contributed by atoms with Crippen LogP contribution in [0.2, 0.25) is 0 Å². The van der Waals surface area contributed by atoms with E-state index in [0.717, 1.165) is 17.5 Å². The Morgan fingerprint density at radius 3 is 2.12 bits per heavy atom. The number of ether oxygens (including phenoxy) is 1. The van der Waals surface area contributed by atoms with Crippen LogP contribution < -0.4 is 0 Å². The molecular weight excluding hydrogens is 316 g/mol. The first kappa shape index (κ1) is 17.1. The fourth-order valence-corrected chi connectivity index (χ4v) is 3.19. The average molecular weight is 336 g/mol. The fourth-order valence-electron chi connectivity index (χ4n) is 3.19. The third-order valence-corrected chi connectivity index (χ3v) is 4.45. The van der Waals surface area contributed by atoms with Gasteiger partial charge >= 0.3 is 5.97 Å². The van der Waals surface area contributed by atoms with Crippen molar-refractivity contribution in [2.75, 3.05) is 6.61 Å². The summed E-state index contributed by atoms with van der Waals surface area (Å²) in [7, 11) is 0. The van der Waals surface area contributed by atoms with Crippen LogP contribution in [0.5, 0.6) is 0 Å². The first-order chi connectivity index (χ1) is 12.1. The molecule has 0 amide bonds. The predicted octanol–water partition coefficient (Wildman–Crippen LogP) is 3.74. The van der Waals surface area contributed by atoms with E-state index < -0.39 is 5.92 Å². The molecule has 4 heteroatoms. The summed E-state index contributed by atoms with van der Waals surface area (Å²) in [6.07, 6.45) is 1.86. The number of aryl methyl sites for hydroxylation is 1. The number of carbonyl (C=O) groups excluding carboxylic acids is 3. The van der Waals surface area contributed by atoms with Crippen LogP contribution in [-0.2, 0) is 16.0 Å². The number of carbonyl (C=O) groups is 3. The van der Waals surface area contributed by atoms with E-state index >= 15 is 0 Å². The molecule has 0 fully saturated rings. The predicted molar refractivity (Wildman–Crippen MR) is 93.9 cm³/mol. The second-order valence-corrected chi connectivity index (χ2v) is 6.11. The van der Waals surface area contributed by atoms with Crippen molar-refractivity contribution in [2.45, 2.75) is 32.1 Å². The van der Waals surface area contributed by atoms with Crippen LogP contribution >= 0.6 is 0 Å². The molecule has 128 valence electrons. The van der Waals surface area contributed by atoms with E-state index in [1.807, 2.05) is 24.3 Å². The highest BCUT2D eigenvalue weighted by molar-refractivity contribution is 6.29. The van der Waals surface area contributed by atoms with Crippen molar-refractivity contribution in [2.24, 2.45) is 0 Å². The quantitative estimate of drug-likeness (QED) is 0.596. The van der Waals surface area contributed by atoms with Gasteiger partial charge in [0.15, 0.2) is 11.6 Å². The van der Waals surface area contributed by atoms with E-state index in [4.69, 9.17) is 4.74 Å². The number of ketones is 2. The lowest BCUT2D eigenvalue weighted by molar-refractivity contribution is -0.143. The Bertz CT molecular complexity index is 770. The molecule has 0 bridgehead atoms. The third-order valence-electron chi connectivity index (χ3n) is 4.45. The number of rotatable bonds is 6. The summed E-state index contributed by atoms with van der Waals surface area (Å²) in [5.41, 5.74) is 2.82. The number of esters is 1. The van der Waals surface area contributed by atoms with Gasteiger partial charge in [-0.15, -0.1) is 0 Å². The highest BCUT2D eigenvalue weighted by Crippen LogP contribution is 2.33. The van der Waals surface area contributed by atoms with Crippen LogP contribution in [0.1, 0.15) is 57.5 Å². The van der Waals surface area contributed by atoms with E-state index in [2.05, 4.69) is 0 Å². The molecule has 0 atom stereocenters. The van der Waals surface area contributed by atoms with Gasteiger partial charge in [-0.3, -0.25) is 14.4 Å². The normalized spacial score (nSPS) is 13.8. The summed E-state index contributed by atoms with van der Waals surface area (Å²) in [5.74, 6) is -1.17. The first-order valence-corrected chi connectivity index (χ1v) is 8.53. The summed E-state index contributed by atoms with van der Waals surface area (Å²) in [5, 5.41) is 0. The maximum atomic E-state index is 12.5. The second-order valence-electron chi connectivity index (χ2n) is 6.11. The van der Waals surface area contributed by atoms with Crippen LogP contribution in [-0.4, -0.2) is 24.1 Å². The standard InChI is InChI=1S/C21H20O4/c1-2-25-18(22)9-5-6-14-10-12-15(13-11-14)19-20(23)16-7-3-4-8-17(16)21(19)24/h3-4,7-8,10-13,19H,2,5-6,9H2,1H3. The Balaban J connectivity index is 1.66. The molecule has 0 heterocycles. The minimum atomic E-state index is -0.731. The smallest absolute Gasteiger partial charge is 0.305 e. The van der Waals surface area contributed by atoms with Crippen LogP contribution in [0.15, 0.2) is 48.5 Å². The summed E-state index contributed by atoms with van der Waals surface area (Å²) in [6.45, 7) is 2.19. The van der Waals surface area contributed by atoms with E-state index in [9.17, 15) is 14.4 Å². The molecule has 0 radical (unpaired) electrons. The lowest BCUT2D eigenvalue weighted by atomic mass is 9.93. The maximum Gasteiger partial charge on any atom is 0.305 e. The van der Waals surface area contributed by atoms with Crippen molar-refractivity contribution in [1.29, 1.82) is 0 Å². The summed E-state index contributed by atoms with van der Waals surface area (Å²) >= 11 is 0. The molecule has 2 aromatic carbocycles. The van der Waals surface area contributed by atoms with Crippen molar-refractivity contribution in [3.63, 3.8) is 0 Å². The van der Waals surface area contributed by atoms with Crippen LogP contribution in [0.25, 0.3) is 0 Å². The van der Waals surface area contributed by atoms with Gasteiger partial charge in [0.1, 0.15) is 5.92 Å².